The van der Waals surface area contributed by atoms with Crippen molar-refractivity contribution in [1.29, 1.82) is 0 Å². The van der Waals surface area contributed by atoms with Crippen LogP contribution in [0.2, 0.25) is 0 Å². The van der Waals surface area contributed by atoms with Crippen LogP contribution in [-0.4, -0.2) is 60.9 Å². The van der Waals surface area contributed by atoms with Gasteiger partial charge in [-0.1, -0.05) is 13.8 Å². The summed E-state index contributed by atoms with van der Waals surface area (Å²) in [6.07, 6.45) is 1.99. The molecule has 0 saturated carbocycles. The lowest BCUT2D eigenvalue weighted by atomic mass is 10.1. The molecule has 2 unspecified atom stereocenters. The van der Waals surface area contributed by atoms with Gasteiger partial charge in [0.05, 0.1) is 25.7 Å². The molecule has 150 valence electrons. The number of carboxylic acid groups (broad SMARTS) is 1. The summed E-state index contributed by atoms with van der Waals surface area (Å²) in [6.45, 7) is 5.50. The van der Waals surface area contributed by atoms with Crippen LogP contribution in [0.15, 0.2) is 18.2 Å². The highest BCUT2D eigenvalue weighted by Crippen LogP contribution is 2.31. The van der Waals surface area contributed by atoms with Gasteiger partial charge in [-0.3, -0.25) is 9.59 Å². The Morgan fingerprint density at radius 2 is 1.81 bits per heavy atom. The van der Waals surface area contributed by atoms with E-state index in [9.17, 15) is 9.59 Å². The molecule has 0 aliphatic carbocycles. The van der Waals surface area contributed by atoms with Gasteiger partial charge in [0.15, 0.2) is 11.5 Å². The second-order valence-electron chi connectivity index (χ2n) is 6.66. The first-order valence-electron chi connectivity index (χ1n) is 9.45. The molecular weight excluding hydrogens is 350 g/mol. The second kappa shape index (κ2) is 10.2. The molecule has 1 aliphatic heterocycles. The average molecular weight is 379 g/mol. The van der Waals surface area contributed by atoms with Crippen LogP contribution < -0.4 is 9.47 Å². The summed E-state index contributed by atoms with van der Waals surface area (Å²) in [5, 5.41) is 9.15. The van der Waals surface area contributed by atoms with E-state index >= 15 is 0 Å². The smallest absolute Gasteiger partial charge is 0.305 e. The lowest BCUT2D eigenvalue weighted by Gasteiger charge is -2.24. The predicted molar refractivity (Wildman–Crippen MR) is 101 cm³/mol. The summed E-state index contributed by atoms with van der Waals surface area (Å²) >= 11 is 0. The molecule has 1 aromatic carbocycles. The lowest BCUT2D eigenvalue weighted by molar-refractivity contribution is -0.138. The Morgan fingerprint density at radius 1 is 1.15 bits per heavy atom. The van der Waals surface area contributed by atoms with Gasteiger partial charge >= 0.3 is 5.97 Å². The van der Waals surface area contributed by atoms with Crippen LogP contribution >= 0.6 is 0 Å². The van der Waals surface area contributed by atoms with E-state index in [4.69, 9.17) is 19.3 Å². The van der Waals surface area contributed by atoms with Crippen molar-refractivity contribution in [2.75, 3.05) is 26.9 Å². The van der Waals surface area contributed by atoms with Gasteiger partial charge < -0.3 is 24.2 Å². The number of aliphatic carboxylic acids is 1. The highest BCUT2D eigenvalue weighted by molar-refractivity contribution is 5.95. The predicted octanol–water partition coefficient (Wildman–Crippen LogP) is 2.97. The number of amides is 1. The third-order valence-electron chi connectivity index (χ3n) is 4.49. The Bertz CT molecular complexity index is 647. The van der Waals surface area contributed by atoms with Gasteiger partial charge in [-0.15, -0.1) is 0 Å². The SMILES string of the molecule is CCCOc1ccc(C(=O)N2CC(OC)CC2CC(=O)O)cc1OCCC. The van der Waals surface area contributed by atoms with Crippen molar-refractivity contribution >= 4 is 11.9 Å². The second-order valence-corrected chi connectivity index (χ2v) is 6.66. The molecule has 7 heteroatoms. The molecule has 0 aromatic heterocycles. The normalized spacial score (nSPS) is 19.1. The summed E-state index contributed by atoms with van der Waals surface area (Å²) in [5.41, 5.74) is 0.456. The van der Waals surface area contributed by atoms with Crippen LogP contribution in [0.5, 0.6) is 11.5 Å². The van der Waals surface area contributed by atoms with E-state index in [-0.39, 0.29) is 24.5 Å². The number of benzene rings is 1. The quantitative estimate of drug-likeness (QED) is 0.673. The fraction of sp³-hybridized carbons (Fsp3) is 0.600. The largest absolute Gasteiger partial charge is 0.490 e. The number of methoxy groups -OCH3 is 1. The molecule has 0 bridgehead atoms. The van der Waals surface area contributed by atoms with Crippen LogP contribution in [-0.2, 0) is 9.53 Å². The van der Waals surface area contributed by atoms with E-state index < -0.39 is 5.97 Å². The summed E-state index contributed by atoms with van der Waals surface area (Å²) in [7, 11) is 1.58. The topological polar surface area (TPSA) is 85.3 Å². The molecule has 1 fully saturated rings. The number of nitrogens with zero attached hydrogens (tertiary/aromatic N) is 1. The third kappa shape index (κ3) is 5.60. The summed E-state index contributed by atoms with van der Waals surface area (Å²) < 4.78 is 16.8. The number of carbonyl (C=O) groups is 2. The minimum atomic E-state index is -0.926. The van der Waals surface area contributed by atoms with Gasteiger partial charge in [0.25, 0.3) is 5.91 Å². The van der Waals surface area contributed by atoms with Crippen molar-refractivity contribution in [3.63, 3.8) is 0 Å². The molecule has 0 radical (unpaired) electrons. The number of rotatable bonds is 10. The molecule has 1 aromatic rings. The van der Waals surface area contributed by atoms with Gasteiger partial charge in [-0.25, -0.2) is 0 Å². The molecule has 2 atom stereocenters. The van der Waals surface area contributed by atoms with Crippen LogP contribution in [0, 0.1) is 0 Å². The van der Waals surface area contributed by atoms with Gasteiger partial charge in [0.2, 0.25) is 0 Å². The molecule has 1 amide bonds. The van der Waals surface area contributed by atoms with Crippen LogP contribution in [0.4, 0.5) is 0 Å². The Kier molecular flexibility index (Phi) is 7.91. The molecule has 1 heterocycles. The summed E-state index contributed by atoms with van der Waals surface area (Å²) in [5.74, 6) is 0.00238. The Balaban J connectivity index is 2.23. The minimum absolute atomic E-state index is 0.0948. The lowest BCUT2D eigenvalue weighted by Crippen LogP contribution is -2.37. The van der Waals surface area contributed by atoms with E-state index in [0.717, 1.165) is 12.8 Å². The Hall–Kier alpha value is -2.28. The number of hydrogen-bond donors (Lipinski definition) is 1. The van der Waals surface area contributed by atoms with Gasteiger partial charge in [0, 0.05) is 25.3 Å². The fourth-order valence-corrected chi connectivity index (χ4v) is 3.15. The van der Waals surface area contributed by atoms with Crippen molar-refractivity contribution in [3.8, 4) is 11.5 Å². The highest BCUT2D eigenvalue weighted by atomic mass is 16.5. The molecule has 27 heavy (non-hydrogen) atoms. The highest BCUT2D eigenvalue weighted by Gasteiger charge is 2.37. The maximum atomic E-state index is 13.0. The molecule has 0 spiro atoms. The van der Waals surface area contributed by atoms with E-state index in [1.807, 2.05) is 13.8 Å². The minimum Gasteiger partial charge on any atom is -0.490 e. The molecule has 1 aliphatic rings. The maximum Gasteiger partial charge on any atom is 0.305 e. The molecular formula is C20H29NO6. The zero-order valence-corrected chi connectivity index (χ0v) is 16.3. The monoisotopic (exact) mass is 379 g/mol. The first kappa shape index (κ1) is 21.0. The number of carbonyl (C=O) groups excluding carboxylic acids is 1. The third-order valence-corrected chi connectivity index (χ3v) is 4.49. The summed E-state index contributed by atoms with van der Waals surface area (Å²) in [4.78, 5) is 25.8. The van der Waals surface area contributed by atoms with Crippen LogP contribution in [0.3, 0.4) is 0 Å². The average Bonchev–Trinajstić information content (AvgIpc) is 3.06. The van der Waals surface area contributed by atoms with E-state index in [1.54, 1.807) is 30.2 Å². The molecule has 1 saturated heterocycles. The van der Waals surface area contributed by atoms with Crippen molar-refractivity contribution in [2.45, 2.75) is 51.7 Å². The Labute approximate surface area is 160 Å². The zero-order valence-electron chi connectivity index (χ0n) is 16.3. The van der Waals surface area contributed by atoms with Crippen molar-refractivity contribution in [2.24, 2.45) is 0 Å². The van der Waals surface area contributed by atoms with Crippen LogP contribution in [0.1, 0.15) is 49.9 Å². The number of carboxylic acids is 1. The molecule has 2 rings (SSSR count). The number of likely N-dealkylation sites (tertiary alicyclic amines) is 1. The van der Waals surface area contributed by atoms with E-state index in [0.29, 0.717) is 43.2 Å². The van der Waals surface area contributed by atoms with Crippen molar-refractivity contribution in [3.05, 3.63) is 23.8 Å². The van der Waals surface area contributed by atoms with E-state index in [1.165, 1.54) is 0 Å². The number of ether oxygens (including phenoxy) is 3. The maximum absolute atomic E-state index is 13.0. The van der Waals surface area contributed by atoms with Crippen molar-refractivity contribution in [1.82, 2.24) is 4.90 Å². The number of hydrogen-bond acceptors (Lipinski definition) is 5. The Morgan fingerprint density at radius 3 is 2.41 bits per heavy atom. The van der Waals surface area contributed by atoms with Gasteiger partial charge in [-0.05, 0) is 37.5 Å². The van der Waals surface area contributed by atoms with Gasteiger partial charge in [-0.2, -0.15) is 0 Å². The zero-order chi connectivity index (χ0) is 19.8. The van der Waals surface area contributed by atoms with Gasteiger partial charge in [0.1, 0.15) is 0 Å². The standard InChI is InChI=1S/C20H29NO6/c1-4-8-26-17-7-6-14(10-18(17)27-9-5-2)20(24)21-13-16(25-3)11-15(21)12-19(22)23/h6-7,10,15-16H,4-5,8-9,11-13H2,1-3H3,(H,22,23). The van der Waals surface area contributed by atoms with Crippen molar-refractivity contribution < 1.29 is 28.9 Å². The van der Waals surface area contributed by atoms with E-state index in [2.05, 4.69) is 0 Å². The summed E-state index contributed by atoms with van der Waals surface area (Å²) in [6, 6.07) is 4.74. The molecule has 1 N–H and O–H groups in total. The first-order valence-corrected chi connectivity index (χ1v) is 9.45. The molecule has 7 nitrogen and oxygen atoms in total. The first-order chi connectivity index (χ1) is 13.0. The van der Waals surface area contributed by atoms with Crippen LogP contribution in [0.25, 0.3) is 0 Å². The fourth-order valence-electron chi connectivity index (χ4n) is 3.15.